The van der Waals surface area contributed by atoms with Crippen LogP contribution in [0.25, 0.3) is 0 Å². The molecule has 0 aliphatic heterocycles. The molecule has 0 bridgehead atoms. The van der Waals surface area contributed by atoms with E-state index in [-0.39, 0.29) is 5.60 Å². The van der Waals surface area contributed by atoms with E-state index in [1.165, 1.54) is 12.8 Å². The summed E-state index contributed by atoms with van der Waals surface area (Å²) < 4.78 is 6.20. The molecule has 0 aromatic carbocycles. The molecule has 0 saturated heterocycles. The normalized spacial score (nSPS) is 27.5. The van der Waals surface area contributed by atoms with Crippen LogP contribution in [-0.2, 0) is 11.3 Å². The fourth-order valence-corrected chi connectivity index (χ4v) is 3.14. The third kappa shape index (κ3) is 3.80. The van der Waals surface area contributed by atoms with Crippen molar-refractivity contribution in [2.75, 3.05) is 6.54 Å². The van der Waals surface area contributed by atoms with Crippen LogP contribution in [0.1, 0.15) is 52.0 Å². The summed E-state index contributed by atoms with van der Waals surface area (Å²) in [5.41, 5.74) is 7.41. The van der Waals surface area contributed by atoms with Crippen LogP contribution in [-0.4, -0.2) is 17.1 Å². The summed E-state index contributed by atoms with van der Waals surface area (Å²) in [6.45, 7) is 8.24. The molecular weight excluding hydrogens is 248 g/mol. The average molecular weight is 276 g/mol. The van der Waals surface area contributed by atoms with Crippen LogP contribution >= 0.6 is 0 Å². The van der Waals surface area contributed by atoms with Crippen LogP contribution in [0.15, 0.2) is 24.5 Å². The lowest BCUT2D eigenvalue weighted by atomic mass is 9.68. The van der Waals surface area contributed by atoms with Gasteiger partial charge in [0.25, 0.3) is 0 Å². The topological polar surface area (TPSA) is 48.1 Å². The third-order valence-electron chi connectivity index (χ3n) is 4.76. The van der Waals surface area contributed by atoms with Gasteiger partial charge in [-0.05, 0) is 48.6 Å². The van der Waals surface area contributed by atoms with E-state index in [4.69, 9.17) is 10.5 Å². The molecule has 3 heteroatoms. The van der Waals surface area contributed by atoms with E-state index < -0.39 is 0 Å². The Kier molecular flexibility index (Phi) is 4.82. The SMILES string of the molecule is CC(C)(C)C1CCC(CN)(OCc2cccnc2)CC1. The van der Waals surface area contributed by atoms with Gasteiger partial charge in [0.15, 0.2) is 0 Å². The third-order valence-corrected chi connectivity index (χ3v) is 4.76. The summed E-state index contributed by atoms with van der Waals surface area (Å²) in [7, 11) is 0. The molecule has 0 spiro atoms. The van der Waals surface area contributed by atoms with Crippen LogP contribution in [0.2, 0.25) is 0 Å². The number of nitrogens with two attached hydrogens (primary N) is 1. The van der Waals surface area contributed by atoms with E-state index in [2.05, 4.69) is 31.8 Å². The van der Waals surface area contributed by atoms with Crippen LogP contribution in [0, 0.1) is 11.3 Å². The Morgan fingerprint density at radius 3 is 2.55 bits per heavy atom. The van der Waals surface area contributed by atoms with Gasteiger partial charge in [0.2, 0.25) is 0 Å². The average Bonchev–Trinajstić information content (AvgIpc) is 2.46. The van der Waals surface area contributed by atoms with Crippen molar-refractivity contribution in [3.05, 3.63) is 30.1 Å². The molecular formula is C17H28N2O. The predicted octanol–water partition coefficient (Wildman–Crippen LogP) is 3.53. The van der Waals surface area contributed by atoms with E-state index in [1.54, 1.807) is 6.20 Å². The van der Waals surface area contributed by atoms with E-state index in [1.807, 2.05) is 12.3 Å². The molecule has 1 aliphatic rings. The maximum atomic E-state index is 6.20. The Balaban J connectivity index is 1.92. The lowest BCUT2D eigenvalue weighted by molar-refractivity contribution is -0.0889. The molecule has 1 aromatic rings. The number of rotatable bonds is 4. The van der Waals surface area contributed by atoms with Crippen molar-refractivity contribution in [3.63, 3.8) is 0 Å². The summed E-state index contributed by atoms with van der Waals surface area (Å²) in [5.74, 6) is 0.782. The summed E-state index contributed by atoms with van der Waals surface area (Å²) in [6, 6.07) is 4.00. The highest BCUT2D eigenvalue weighted by atomic mass is 16.5. The standard InChI is InChI=1S/C17H28N2O/c1-16(2,3)15-6-8-17(13-18,9-7-15)20-12-14-5-4-10-19-11-14/h4-5,10-11,15H,6-9,12-13,18H2,1-3H3. The Morgan fingerprint density at radius 1 is 1.35 bits per heavy atom. The minimum absolute atomic E-state index is 0.127. The van der Waals surface area contributed by atoms with Crippen molar-refractivity contribution in [2.24, 2.45) is 17.1 Å². The summed E-state index contributed by atoms with van der Waals surface area (Å²) >= 11 is 0. The smallest absolute Gasteiger partial charge is 0.0808 e. The van der Waals surface area contributed by atoms with Crippen LogP contribution < -0.4 is 5.73 Å². The van der Waals surface area contributed by atoms with Gasteiger partial charge in [0.1, 0.15) is 0 Å². The van der Waals surface area contributed by atoms with E-state index in [0.717, 1.165) is 24.3 Å². The van der Waals surface area contributed by atoms with Gasteiger partial charge in [-0.1, -0.05) is 26.8 Å². The minimum Gasteiger partial charge on any atom is -0.369 e. The van der Waals surface area contributed by atoms with Crippen molar-refractivity contribution >= 4 is 0 Å². The number of hydrogen-bond acceptors (Lipinski definition) is 3. The Morgan fingerprint density at radius 2 is 2.05 bits per heavy atom. The van der Waals surface area contributed by atoms with Gasteiger partial charge in [-0.3, -0.25) is 4.98 Å². The molecule has 1 fully saturated rings. The fraction of sp³-hybridized carbons (Fsp3) is 0.706. The van der Waals surface area contributed by atoms with Gasteiger partial charge in [-0.15, -0.1) is 0 Å². The number of nitrogens with zero attached hydrogens (tertiary/aromatic N) is 1. The first-order valence-corrected chi connectivity index (χ1v) is 7.68. The highest BCUT2D eigenvalue weighted by molar-refractivity contribution is 5.07. The number of ether oxygens (including phenoxy) is 1. The molecule has 0 amide bonds. The molecule has 1 heterocycles. The van der Waals surface area contributed by atoms with Crippen LogP contribution in [0.5, 0.6) is 0 Å². The molecule has 2 rings (SSSR count). The summed E-state index contributed by atoms with van der Waals surface area (Å²) in [5, 5.41) is 0. The molecule has 1 saturated carbocycles. The summed E-state index contributed by atoms with van der Waals surface area (Å²) in [4.78, 5) is 4.13. The Hall–Kier alpha value is -0.930. The second-order valence-electron chi connectivity index (χ2n) is 7.18. The molecule has 1 aliphatic carbocycles. The quantitative estimate of drug-likeness (QED) is 0.915. The molecule has 0 unspecified atom stereocenters. The molecule has 112 valence electrons. The Labute approximate surface area is 122 Å². The predicted molar refractivity (Wildman–Crippen MR) is 82.2 cm³/mol. The second-order valence-corrected chi connectivity index (χ2v) is 7.18. The molecule has 20 heavy (non-hydrogen) atoms. The van der Waals surface area contributed by atoms with Gasteiger partial charge in [-0.25, -0.2) is 0 Å². The largest absolute Gasteiger partial charge is 0.369 e. The van der Waals surface area contributed by atoms with Gasteiger partial charge < -0.3 is 10.5 Å². The van der Waals surface area contributed by atoms with Crippen molar-refractivity contribution in [1.29, 1.82) is 0 Å². The molecule has 3 nitrogen and oxygen atoms in total. The van der Waals surface area contributed by atoms with Crippen molar-refractivity contribution in [2.45, 2.75) is 58.7 Å². The molecule has 0 atom stereocenters. The van der Waals surface area contributed by atoms with Crippen molar-refractivity contribution < 1.29 is 4.74 Å². The van der Waals surface area contributed by atoms with Crippen molar-refractivity contribution in [1.82, 2.24) is 4.98 Å². The van der Waals surface area contributed by atoms with E-state index in [0.29, 0.717) is 18.6 Å². The van der Waals surface area contributed by atoms with Gasteiger partial charge in [0, 0.05) is 18.9 Å². The first-order chi connectivity index (χ1) is 9.45. The van der Waals surface area contributed by atoms with E-state index in [9.17, 15) is 0 Å². The van der Waals surface area contributed by atoms with Gasteiger partial charge >= 0.3 is 0 Å². The van der Waals surface area contributed by atoms with Gasteiger partial charge in [0.05, 0.1) is 12.2 Å². The lowest BCUT2D eigenvalue weighted by Crippen LogP contribution is -2.45. The zero-order valence-corrected chi connectivity index (χ0v) is 13.1. The zero-order valence-electron chi connectivity index (χ0n) is 13.1. The summed E-state index contributed by atoms with van der Waals surface area (Å²) in [6.07, 6.45) is 8.24. The first kappa shape index (κ1) is 15.5. The van der Waals surface area contributed by atoms with Gasteiger partial charge in [-0.2, -0.15) is 0 Å². The van der Waals surface area contributed by atoms with Crippen molar-refractivity contribution in [3.8, 4) is 0 Å². The van der Waals surface area contributed by atoms with E-state index >= 15 is 0 Å². The Bertz CT molecular complexity index is 403. The number of hydrogen-bond donors (Lipinski definition) is 1. The maximum Gasteiger partial charge on any atom is 0.0808 e. The minimum atomic E-state index is -0.127. The van der Waals surface area contributed by atoms with Crippen LogP contribution in [0.4, 0.5) is 0 Å². The second kappa shape index (κ2) is 6.23. The molecule has 0 radical (unpaired) electrons. The monoisotopic (exact) mass is 276 g/mol. The fourth-order valence-electron chi connectivity index (χ4n) is 3.14. The molecule has 2 N–H and O–H groups in total. The first-order valence-electron chi connectivity index (χ1n) is 7.68. The maximum absolute atomic E-state index is 6.20. The van der Waals surface area contributed by atoms with Crippen LogP contribution in [0.3, 0.4) is 0 Å². The molecule has 1 aromatic heterocycles. The lowest BCUT2D eigenvalue weighted by Gasteiger charge is -2.43. The number of pyridine rings is 1. The number of aromatic nitrogens is 1. The highest BCUT2D eigenvalue weighted by Gasteiger charge is 2.38. The highest BCUT2D eigenvalue weighted by Crippen LogP contribution is 2.42. The zero-order chi connectivity index (χ0) is 14.6.